The van der Waals surface area contributed by atoms with Crippen LogP contribution < -0.4 is 5.73 Å². The van der Waals surface area contributed by atoms with Crippen molar-refractivity contribution in [2.24, 2.45) is 5.73 Å². The molecule has 1 aliphatic carbocycles. The number of hydrogen-bond acceptors (Lipinski definition) is 3. The molecule has 0 saturated carbocycles. The number of hydrogen-bond donors (Lipinski definition) is 1. The standard InChI is InChI=1S/C18H29N3/c1-13-12-17(18(19)16-7-5-4-6-15(13)16)21(3)14-8-10-20(2)11-9-14/h4-7,13-14,17-18H,8-12,19H2,1-3H3. The first kappa shape index (κ1) is 15.0. The highest BCUT2D eigenvalue weighted by Gasteiger charge is 2.36. The molecule has 0 amide bonds. The molecule has 3 nitrogen and oxygen atoms in total. The van der Waals surface area contributed by atoms with E-state index in [0.29, 0.717) is 18.0 Å². The SMILES string of the molecule is CC1CC(N(C)C2CCN(C)CC2)C(N)c2ccccc21. The summed E-state index contributed by atoms with van der Waals surface area (Å²) in [6.45, 7) is 4.77. The van der Waals surface area contributed by atoms with E-state index in [2.05, 4.69) is 55.1 Å². The second kappa shape index (κ2) is 6.07. The van der Waals surface area contributed by atoms with E-state index in [1.807, 2.05) is 0 Å². The highest BCUT2D eigenvalue weighted by Crippen LogP contribution is 2.39. The van der Waals surface area contributed by atoms with Crippen LogP contribution in [0.3, 0.4) is 0 Å². The summed E-state index contributed by atoms with van der Waals surface area (Å²) in [6.07, 6.45) is 3.72. The first-order chi connectivity index (χ1) is 10.1. The average molecular weight is 287 g/mol. The minimum atomic E-state index is 0.155. The molecule has 2 N–H and O–H groups in total. The van der Waals surface area contributed by atoms with E-state index in [1.165, 1.54) is 43.5 Å². The topological polar surface area (TPSA) is 32.5 Å². The lowest BCUT2D eigenvalue weighted by Crippen LogP contribution is -2.51. The predicted molar refractivity (Wildman–Crippen MR) is 88.5 cm³/mol. The summed E-state index contributed by atoms with van der Waals surface area (Å²) in [5.41, 5.74) is 9.45. The summed E-state index contributed by atoms with van der Waals surface area (Å²) in [6, 6.07) is 10.1. The minimum Gasteiger partial charge on any atom is -0.323 e. The Morgan fingerprint density at radius 3 is 2.43 bits per heavy atom. The second-order valence-corrected chi connectivity index (χ2v) is 7.06. The maximum Gasteiger partial charge on any atom is 0.0456 e. The highest BCUT2D eigenvalue weighted by molar-refractivity contribution is 5.36. The van der Waals surface area contributed by atoms with Crippen molar-refractivity contribution < 1.29 is 0 Å². The van der Waals surface area contributed by atoms with Gasteiger partial charge in [-0.15, -0.1) is 0 Å². The van der Waals surface area contributed by atoms with Gasteiger partial charge in [-0.3, -0.25) is 4.90 Å². The monoisotopic (exact) mass is 287 g/mol. The molecule has 1 aromatic carbocycles. The molecule has 3 atom stereocenters. The van der Waals surface area contributed by atoms with Crippen LogP contribution in [-0.2, 0) is 0 Å². The highest BCUT2D eigenvalue weighted by atomic mass is 15.2. The van der Waals surface area contributed by atoms with Gasteiger partial charge in [-0.1, -0.05) is 31.2 Å². The van der Waals surface area contributed by atoms with Gasteiger partial charge >= 0.3 is 0 Å². The van der Waals surface area contributed by atoms with Gasteiger partial charge < -0.3 is 10.6 Å². The third kappa shape index (κ3) is 2.87. The Bertz CT molecular complexity index is 479. The molecule has 1 fully saturated rings. The maximum absolute atomic E-state index is 6.64. The zero-order valence-electron chi connectivity index (χ0n) is 13.6. The summed E-state index contributed by atoms with van der Waals surface area (Å²) in [4.78, 5) is 5.02. The van der Waals surface area contributed by atoms with Crippen molar-refractivity contribution in [2.75, 3.05) is 27.2 Å². The molecule has 0 aromatic heterocycles. The number of piperidine rings is 1. The van der Waals surface area contributed by atoms with E-state index >= 15 is 0 Å². The number of benzene rings is 1. The van der Waals surface area contributed by atoms with Crippen LogP contribution in [0.15, 0.2) is 24.3 Å². The molecular formula is C18H29N3. The number of likely N-dealkylation sites (N-methyl/N-ethyl adjacent to an activating group) is 1. The molecule has 1 aliphatic heterocycles. The van der Waals surface area contributed by atoms with E-state index in [-0.39, 0.29) is 6.04 Å². The lowest BCUT2D eigenvalue weighted by molar-refractivity contribution is 0.0828. The van der Waals surface area contributed by atoms with Crippen molar-refractivity contribution in [1.82, 2.24) is 9.80 Å². The maximum atomic E-state index is 6.64. The van der Waals surface area contributed by atoms with Crippen molar-refractivity contribution in [3.8, 4) is 0 Å². The molecule has 116 valence electrons. The van der Waals surface area contributed by atoms with Crippen LogP contribution in [0.4, 0.5) is 0 Å². The normalized spacial score (nSPS) is 31.4. The number of likely N-dealkylation sites (tertiary alicyclic amines) is 1. The molecule has 1 heterocycles. The van der Waals surface area contributed by atoms with Crippen molar-refractivity contribution in [3.63, 3.8) is 0 Å². The molecule has 3 rings (SSSR count). The Hall–Kier alpha value is -0.900. The van der Waals surface area contributed by atoms with E-state index in [0.717, 1.165) is 0 Å². The fourth-order valence-corrected chi connectivity index (χ4v) is 4.20. The van der Waals surface area contributed by atoms with E-state index in [9.17, 15) is 0 Å². The first-order valence-electron chi connectivity index (χ1n) is 8.32. The first-order valence-corrected chi connectivity index (χ1v) is 8.32. The lowest BCUT2D eigenvalue weighted by atomic mass is 9.77. The van der Waals surface area contributed by atoms with Crippen LogP contribution in [-0.4, -0.2) is 49.1 Å². The van der Waals surface area contributed by atoms with Gasteiger partial charge in [0.2, 0.25) is 0 Å². The van der Waals surface area contributed by atoms with E-state index in [1.54, 1.807) is 0 Å². The van der Waals surface area contributed by atoms with Gasteiger partial charge in [0.1, 0.15) is 0 Å². The Balaban J connectivity index is 1.77. The van der Waals surface area contributed by atoms with Gasteiger partial charge in [0.25, 0.3) is 0 Å². The Kier molecular flexibility index (Phi) is 4.34. The van der Waals surface area contributed by atoms with Crippen LogP contribution in [0.25, 0.3) is 0 Å². The van der Waals surface area contributed by atoms with E-state index in [4.69, 9.17) is 5.73 Å². The predicted octanol–water partition coefficient (Wildman–Crippen LogP) is 2.59. The van der Waals surface area contributed by atoms with Gasteiger partial charge in [0, 0.05) is 18.1 Å². The molecule has 0 bridgehead atoms. The van der Waals surface area contributed by atoms with Crippen LogP contribution in [0.5, 0.6) is 0 Å². The van der Waals surface area contributed by atoms with Gasteiger partial charge in [0.15, 0.2) is 0 Å². The van der Waals surface area contributed by atoms with Gasteiger partial charge in [-0.2, -0.15) is 0 Å². The number of nitrogens with zero attached hydrogens (tertiary/aromatic N) is 2. The fraction of sp³-hybridized carbons (Fsp3) is 0.667. The van der Waals surface area contributed by atoms with Gasteiger partial charge in [-0.25, -0.2) is 0 Å². The third-order valence-electron chi connectivity index (χ3n) is 5.68. The summed E-state index contributed by atoms with van der Waals surface area (Å²) in [7, 11) is 4.52. The van der Waals surface area contributed by atoms with Crippen molar-refractivity contribution >= 4 is 0 Å². The number of fused-ring (bicyclic) bond motifs is 1. The summed E-state index contributed by atoms with van der Waals surface area (Å²) in [5, 5.41) is 0. The third-order valence-corrected chi connectivity index (χ3v) is 5.68. The minimum absolute atomic E-state index is 0.155. The Morgan fingerprint density at radius 1 is 1.14 bits per heavy atom. The number of nitrogens with two attached hydrogens (primary N) is 1. The summed E-state index contributed by atoms with van der Waals surface area (Å²) < 4.78 is 0. The van der Waals surface area contributed by atoms with Crippen LogP contribution >= 0.6 is 0 Å². The van der Waals surface area contributed by atoms with Crippen LogP contribution in [0, 0.1) is 0 Å². The van der Waals surface area contributed by atoms with Crippen LogP contribution in [0.2, 0.25) is 0 Å². The lowest BCUT2D eigenvalue weighted by Gasteiger charge is -2.45. The Morgan fingerprint density at radius 2 is 1.76 bits per heavy atom. The molecule has 0 spiro atoms. The molecule has 3 heteroatoms. The largest absolute Gasteiger partial charge is 0.323 e. The Labute approximate surface area is 129 Å². The van der Waals surface area contributed by atoms with Crippen molar-refractivity contribution in [2.45, 2.75) is 50.2 Å². The number of rotatable bonds is 2. The molecule has 1 aromatic rings. The molecular weight excluding hydrogens is 258 g/mol. The molecule has 21 heavy (non-hydrogen) atoms. The van der Waals surface area contributed by atoms with Crippen molar-refractivity contribution in [1.29, 1.82) is 0 Å². The van der Waals surface area contributed by atoms with Crippen molar-refractivity contribution in [3.05, 3.63) is 35.4 Å². The average Bonchev–Trinajstić information content (AvgIpc) is 2.51. The smallest absolute Gasteiger partial charge is 0.0456 e. The molecule has 3 unspecified atom stereocenters. The molecule has 2 aliphatic rings. The molecule has 1 saturated heterocycles. The second-order valence-electron chi connectivity index (χ2n) is 7.06. The van der Waals surface area contributed by atoms with Gasteiger partial charge in [0.05, 0.1) is 0 Å². The zero-order chi connectivity index (χ0) is 15.0. The summed E-state index contributed by atoms with van der Waals surface area (Å²) in [5.74, 6) is 0.611. The molecule has 0 radical (unpaired) electrons. The zero-order valence-corrected chi connectivity index (χ0v) is 13.6. The van der Waals surface area contributed by atoms with Crippen LogP contribution in [0.1, 0.15) is 49.3 Å². The van der Waals surface area contributed by atoms with E-state index < -0.39 is 0 Å². The summed E-state index contributed by atoms with van der Waals surface area (Å²) >= 11 is 0. The quantitative estimate of drug-likeness (QED) is 0.907. The fourth-order valence-electron chi connectivity index (χ4n) is 4.20. The van der Waals surface area contributed by atoms with Gasteiger partial charge in [-0.05, 0) is 63.5 Å².